The summed E-state index contributed by atoms with van der Waals surface area (Å²) >= 11 is 0. The molecule has 0 aliphatic heterocycles. The predicted octanol–water partition coefficient (Wildman–Crippen LogP) is 1.41. The van der Waals surface area contributed by atoms with Crippen LogP contribution in [0.1, 0.15) is 12.0 Å². The summed E-state index contributed by atoms with van der Waals surface area (Å²) < 4.78 is 35.6. The largest absolute Gasteiger partial charge is 0.450 e. The Morgan fingerprint density at radius 1 is 1.28 bits per heavy atom. The molecule has 0 saturated carbocycles. The minimum Gasteiger partial charge on any atom is -0.399 e. The third kappa shape index (κ3) is 4.44. The molecule has 0 spiro atoms. The highest BCUT2D eigenvalue weighted by molar-refractivity contribution is 6.00. The summed E-state index contributed by atoms with van der Waals surface area (Å²) in [5.41, 5.74) is 6.61. The van der Waals surface area contributed by atoms with E-state index >= 15 is 0 Å². The van der Waals surface area contributed by atoms with E-state index < -0.39 is 24.3 Å². The fraction of sp³-hybridized carbons (Fsp3) is 0.273. The van der Waals surface area contributed by atoms with E-state index in [1.807, 2.05) is 0 Å². The number of hydrogen-bond acceptors (Lipinski definition) is 3. The number of hydrogen-bond donors (Lipinski definition) is 2. The van der Waals surface area contributed by atoms with Gasteiger partial charge in [0.15, 0.2) is 0 Å². The Labute approximate surface area is 101 Å². The first-order chi connectivity index (χ1) is 8.29. The van der Waals surface area contributed by atoms with Crippen LogP contribution in [0.2, 0.25) is 0 Å². The van der Waals surface area contributed by atoms with Gasteiger partial charge >= 0.3 is 6.18 Å². The molecule has 1 aromatic rings. The first-order valence-electron chi connectivity index (χ1n) is 5.00. The Kier molecular flexibility index (Phi) is 4.30. The second-order valence-electron chi connectivity index (χ2n) is 3.62. The molecule has 0 saturated heterocycles. The zero-order valence-corrected chi connectivity index (χ0v) is 9.25. The summed E-state index contributed by atoms with van der Waals surface area (Å²) in [4.78, 5) is 21.6. The van der Waals surface area contributed by atoms with Crippen LogP contribution in [0.5, 0.6) is 0 Å². The minimum absolute atomic E-state index is 0.0228. The molecular weight excluding hydrogens is 249 g/mol. The van der Waals surface area contributed by atoms with Crippen molar-refractivity contribution in [1.29, 1.82) is 0 Å². The zero-order chi connectivity index (χ0) is 13.8. The standard InChI is InChI=1S/C11H11F3N2O2/c12-11(13,14)9(17)5-10(18)16-6-7-2-1-3-8(15)4-7/h1-4H,5-6,15H2,(H,16,18). The molecular formula is C11H11F3N2O2. The van der Waals surface area contributed by atoms with E-state index in [4.69, 9.17) is 5.73 Å². The van der Waals surface area contributed by atoms with Crippen LogP contribution in [0.4, 0.5) is 18.9 Å². The number of ketones is 1. The molecule has 18 heavy (non-hydrogen) atoms. The van der Waals surface area contributed by atoms with Crippen molar-refractivity contribution in [3.05, 3.63) is 29.8 Å². The predicted molar refractivity (Wildman–Crippen MR) is 58.4 cm³/mol. The third-order valence-corrected chi connectivity index (χ3v) is 2.08. The summed E-state index contributed by atoms with van der Waals surface area (Å²) in [5.74, 6) is -3.03. The lowest BCUT2D eigenvalue weighted by Crippen LogP contribution is -2.31. The highest BCUT2D eigenvalue weighted by Gasteiger charge is 2.39. The Hall–Kier alpha value is -2.05. The van der Waals surface area contributed by atoms with Gasteiger partial charge in [0, 0.05) is 12.2 Å². The quantitative estimate of drug-likeness (QED) is 0.635. The number of carbonyl (C=O) groups is 2. The van der Waals surface area contributed by atoms with Crippen molar-refractivity contribution >= 4 is 17.4 Å². The summed E-state index contributed by atoms with van der Waals surface area (Å²) in [6.07, 6.45) is -6.18. The van der Waals surface area contributed by atoms with Gasteiger partial charge in [0.2, 0.25) is 11.7 Å². The van der Waals surface area contributed by atoms with Crippen molar-refractivity contribution in [2.45, 2.75) is 19.1 Å². The number of amides is 1. The van der Waals surface area contributed by atoms with E-state index in [0.717, 1.165) is 0 Å². The number of alkyl halides is 3. The van der Waals surface area contributed by atoms with Gasteiger partial charge in [-0.25, -0.2) is 0 Å². The number of halogens is 3. The molecule has 0 bridgehead atoms. The summed E-state index contributed by atoms with van der Waals surface area (Å²) in [6.45, 7) is 0.0228. The van der Waals surface area contributed by atoms with Crippen molar-refractivity contribution in [1.82, 2.24) is 5.32 Å². The number of nitrogen functional groups attached to an aromatic ring is 1. The molecule has 0 heterocycles. The molecule has 1 amide bonds. The molecule has 0 aliphatic rings. The molecule has 0 aromatic heterocycles. The molecule has 0 unspecified atom stereocenters. The average molecular weight is 260 g/mol. The maximum atomic E-state index is 11.9. The summed E-state index contributed by atoms with van der Waals surface area (Å²) in [7, 11) is 0. The molecule has 1 aromatic carbocycles. The normalized spacial score (nSPS) is 11.1. The highest BCUT2D eigenvalue weighted by Crippen LogP contribution is 2.17. The van der Waals surface area contributed by atoms with Crippen LogP contribution in [0.25, 0.3) is 0 Å². The van der Waals surface area contributed by atoms with Crippen molar-refractivity contribution in [2.24, 2.45) is 0 Å². The van der Waals surface area contributed by atoms with Crippen molar-refractivity contribution in [3.8, 4) is 0 Å². The topological polar surface area (TPSA) is 72.2 Å². The van der Waals surface area contributed by atoms with Crippen molar-refractivity contribution in [2.75, 3.05) is 5.73 Å². The second-order valence-corrected chi connectivity index (χ2v) is 3.62. The molecule has 3 N–H and O–H groups in total. The first-order valence-corrected chi connectivity index (χ1v) is 5.00. The van der Waals surface area contributed by atoms with Gasteiger partial charge in [-0.15, -0.1) is 0 Å². The summed E-state index contributed by atoms with van der Waals surface area (Å²) in [5, 5.41) is 2.21. The van der Waals surface area contributed by atoms with Crippen molar-refractivity contribution in [3.63, 3.8) is 0 Å². The number of rotatable bonds is 4. The lowest BCUT2D eigenvalue weighted by molar-refractivity contribution is -0.172. The Morgan fingerprint density at radius 2 is 1.94 bits per heavy atom. The van der Waals surface area contributed by atoms with E-state index in [-0.39, 0.29) is 6.54 Å². The summed E-state index contributed by atoms with van der Waals surface area (Å²) in [6, 6.07) is 6.52. The van der Waals surface area contributed by atoms with Gasteiger partial charge in [0.05, 0.1) is 6.42 Å². The third-order valence-electron chi connectivity index (χ3n) is 2.08. The van der Waals surface area contributed by atoms with E-state index in [1.165, 1.54) is 0 Å². The molecule has 7 heteroatoms. The van der Waals surface area contributed by atoms with Gasteiger partial charge in [0.25, 0.3) is 0 Å². The van der Waals surface area contributed by atoms with Crippen molar-refractivity contribution < 1.29 is 22.8 Å². The molecule has 0 aliphatic carbocycles. The number of benzene rings is 1. The zero-order valence-electron chi connectivity index (χ0n) is 9.25. The van der Waals surface area contributed by atoms with Crippen LogP contribution in [-0.2, 0) is 16.1 Å². The van der Waals surface area contributed by atoms with Crippen LogP contribution in [-0.4, -0.2) is 17.9 Å². The molecule has 0 fully saturated rings. The van der Waals surface area contributed by atoms with Gasteiger partial charge in [-0.1, -0.05) is 12.1 Å². The molecule has 0 radical (unpaired) electrons. The molecule has 0 atom stereocenters. The monoisotopic (exact) mass is 260 g/mol. The number of nitrogens with two attached hydrogens (primary N) is 1. The minimum atomic E-state index is -4.98. The number of Topliss-reactive ketones (excluding diaryl/α,β-unsaturated/α-hetero) is 1. The van der Waals surface area contributed by atoms with E-state index in [9.17, 15) is 22.8 Å². The SMILES string of the molecule is Nc1cccc(CNC(=O)CC(=O)C(F)(F)F)c1. The smallest absolute Gasteiger partial charge is 0.399 e. The van der Waals surface area contributed by atoms with E-state index in [2.05, 4.69) is 5.32 Å². The maximum absolute atomic E-state index is 11.9. The Morgan fingerprint density at radius 3 is 2.50 bits per heavy atom. The lowest BCUT2D eigenvalue weighted by atomic mass is 10.2. The van der Waals surface area contributed by atoms with Gasteiger partial charge in [-0.05, 0) is 17.7 Å². The lowest BCUT2D eigenvalue weighted by Gasteiger charge is -2.07. The second kappa shape index (κ2) is 5.52. The van der Waals surface area contributed by atoms with Crippen LogP contribution in [0.3, 0.4) is 0 Å². The molecule has 98 valence electrons. The first kappa shape index (κ1) is 14.0. The van der Waals surface area contributed by atoms with E-state index in [0.29, 0.717) is 11.3 Å². The number of carbonyl (C=O) groups excluding carboxylic acids is 2. The molecule has 1 rings (SSSR count). The van der Waals surface area contributed by atoms with Gasteiger partial charge in [-0.3, -0.25) is 9.59 Å². The van der Waals surface area contributed by atoms with Gasteiger partial charge < -0.3 is 11.1 Å². The van der Waals surface area contributed by atoms with Gasteiger partial charge in [-0.2, -0.15) is 13.2 Å². The number of anilines is 1. The Balaban J connectivity index is 2.45. The maximum Gasteiger partial charge on any atom is 0.450 e. The fourth-order valence-electron chi connectivity index (χ4n) is 1.21. The number of nitrogens with one attached hydrogen (secondary N) is 1. The fourth-order valence-corrected chi connectivity index (χ4v) is 1.21. The van der Waals surface area contributed by atoms with E-state index in [1.54, 1.807) is 24.3 Å². The average Bonchev–Trinajstić information content (AvgIpc) is 2.25. The molecule has 4 nitrogen and oxygen atoms in total. The van der Waals surface area contributed by atoms with Crippen LogP contribution >= 0.6 is 0 Å². The van der Waals surface area contributed by atoms with Gasteiger partial charge in [0.1, 0.15) is 0 Å². The highest BCUT2D eigenvalue weighted by atomic mass is 19.4. The van der Waals surface area contributed by atoms with Crippen LogP contribution in [0, 0.1) is 0 Å². The van der Waals surface area contributed by atoms with Crippen LogP contribution in [0.15, 0.2) is 24.3 Å². The Bertz CT molecular complexity index is 458. The van der Waals surface area contributed by atoms with Crippen LogP contribution < -0.4 is 11.1 Å².